The Bertz CT molecular complexity index is 1640. The fourth-order valence-corrected chi connectivity index (χ4v) is 5.39. The highest BCUT2D eigenvalue weighted by Gasteiger charge is 2.19. The summed E-state index contributed by atoms with van der Waals surface area (Å²) < 4.78 is 7.20. The van der Waals surface area contributed by atoms with E-state index in [1.807, 2.05) is 64.2 Å². The highest BCUT2D eigenvalue weighted by atomic mass is 16.6. The van der Waals surface area contributed by atoms with Crippen LogP contribution < -0.4 is 10.6 Å². The highest BCUT2D eigenvalue weighted by molar-refractivity contribution is 6.04. The van der Waals surface area contributed by atoms with Crippen LogP contribution in [-0.4, -0.2) is 56.0 Å². The van der Waals surface area contributed by atoms with Gasteiger partial charge in [0.25, 0.3) is 5.91 Å². The molecule has 1 saturated heterocycles. The van der Waals surface area contributed by atoms with Gasteiger partial charge in [-0.1, -0.05) is 43.2 Å². The molecule has 0 aliphatic carbocycles. The average Bonchev–Trinajstić information content (AvgIpc) is 3.64. The van der Waals surface area contributed by atoms with Crippen LogP contribution in [0.1, 0.15) is 75.3 Å². The summed E-state index contributed by atoms with van der Waals surface area (Å²) in [6.07, 6.45) is 9.66. The van der Waals surface area contributed by atoms with Gasteiger partial charge in [-0.05, 0) is 88.4 Å². The number of pyridine rings is 1. The molecule has 3 amide bonds. The van der Waals surface area contributed by atoms with Gasteiger partial charge in [0.05, 0.1) is 5.69 Å². The summed E-state index contributed by atoms with van der Waals surface area (Å²) >= 11 is 0. The number of carbonyl (C=O) groups excluding carboxylic acids is 3. The zero-order valence-corrected chi connectivity index (χ0v) is 26.8. The van der Waals surface area contributed by atoms with Crippen LogP contribution in [0.5, 0.6) is 0 Å². The molecule has 10 nitrogen and oxygen atoms in total. The zero-order valence-electron chi connectivity index (χ0n) is 26.8. The van der Waals surface area contributed by atoms with E-state index in [2.05, 4.69) is 15.6 Å². The summed E-state index contributed by atoms with van der Waals surface area (Å²) in [5, 5.41) is 5.65. The number of nitrogens with one attached hydrogen (secondary N) is 2. The maximum absolute atomic E-state index is 13.5. The van der Waals surface area contributed by atoms with Crippen LogP contribution in [0.25, 0.3) is 16.8 Å². The van der Waals surface area contributed by atoms with E-state index in [0.717, 1.165) is 74.1 Å². The number of aryl methyl sites for hydroxylation is 1. The van der Waals surface area contributed by atoms with E-state index in [9.17, 15) is 14.4 Å². The van der Waals surface area contributed by atoms with Gasteiger partial charge >= 0.3 is 6.09 Å². The Labute approximate surface area is 270 Å². The van der Waals surface area contributed by atoms with Crippen molar-refractivity contribution in [1.29, 1.82) is 0 Å². The molecular weight excluding hydrogens is 580 g/mol. The molecule has 0 atom stereocenters. The highest BCUT2D eigenvalue weighted by Crippen LogP contribution is 2.23. The number of ether oxygens (including phenoxy) is 1. The molecule has 1 fully saturated rings. The molecule has 2 N–H and O–H groups in total. The Balaban J connectivity index is 1.22. The van der Waals surface area contributed by atoms with Crippen LogP contribution in [0.15, 0.2) is 79.1 Å². The zero-order chi connectivity index (χ0) is 32.5. The van der Waals surface area contributed by atoms with Crippen LogP contribution >= 0.6 is 0 Å². The molecular formula is C36H42N6O4. The predicted molar refractivity (Wildman–Crippen MR) is 179 cm³/mol. The minimum atomic E-state index is -0.609. The molecule has 4 aromatic rings. The summed E-state index contributed by atoms with van der Waals surface area (Å²) in [7, 11) is 0. The number of para-hydroxylation sites is 1. The lowest BCUT2D eigenvalue weighted by molar-refractivity contribution is -0.127. The normalized spacial score (nSPS) is 13.1. The van der Waals surface area contributed by atoms with Crippen molar-refractivity contribution in [1.82, 2.24) is 19.4 Å². The van der Waals surface area contributed by atoms with E-state index in [1.165, 1.54) is 0 Å². The van der Waals surface area contributed by atoms with Crippen molar-refractivity contribution in [2.75, 3.05) is 23.7 Å². The van der Waals surface area contributed by atoms with Crippen LogP contribution in [0.3, 0.4) is 0 Å². The minimum absolute atomic E-state index is 0.274. The molecule has 5 rings (SSSR count). The van der Waals surface area contributed by atoms with Crippen molar-refractivity contribution in [2.24, 2.45) is 0 Å². The van der Waals surface area contributed by atoms with Gasteiger partial charge in [0.1, 0.15) is 11.4 Å². The molecule has 46 heavy (non-hydrogen) atoms. The van der Waals surface area contributed by atoms with E-state index in [0.29, 0.717) is 23.8 Å². The maximum Gasteiger partial charge on any atom is 0.413 e. The van der Waals surface area contributed by atoms with E-state index in [4.69, 9.17) is 9.72 Å². The number of benzene rings is 2. The second-order valence-electron chi connectivity index (χ2n) is 12.5. The van der Waals surface area contributed by atoms with Gasteiger partial charge in [0.15, 0.2) is 0 Å². The molecule has 3 heterocycles. The molecule has 240 valence electrons. The number of amides is 3. The van der Waals surface area contributed by atoms with Gasteiger partial charge in [-0.15, -0.1) is 0 Å². The number of imidazole rings is 1. The SMILES string of the molecule is CC(C)(C)OC(=O)Nc1ccc(-c2cccc(C(=O)Nc3nc(CCCCCCN4CCCC4=O)cn3-c3ccccc3)c2)cn1. The lowest BCUT2D eigenvalue weighted by atomic mass is 10.0. The fourth-order valence-electron chi connectivity index (χ4n) is 5.39. The third kappa shape index (κ3) is 9.03. The van der Waals surface area contributed by atoms with Crippen molar-refractivity contribution in [3.63, 3.8) is 0 Å². The number of hydrogen-bond acceptors (Lipinski definition) is 6. The Morgan fingerprint density at radius 2 is 1.72 bits per heavy atom. The molecule has 0 saturated carbocycles. The molecule has 1 aliphatic heterocycles. The number of unbranched alkanes of at least 4 members (excludes halogenated alkanes) is 3. The minimum Gasteiger partial charge on any atom is -0.444 e. The fraction of sp³-hybridized carbons (Fsp3) is 0.361. The number of carbonyl (C=O) groups is 3. The number of rotatable bonds is 12. The molecule has 2 aromatic heterocycles. The summed E-state index contributed by atoms with van der Waals surface area (Å²) in [6.45, 7) is 7.14. The third-order valence-electron chi connectivity index (χ3n) is 7.65. The summed E-state index contributed by atoms with van der Waals surface area (Å²) in [4.78, 5) is 48.5. The Kier molecular flexibility index (Phi) is 10.5. The molecule has 2 aromatic carbocycles. The van der Waals surface area contributed by atoms with Crippen molar-refractivity contribution in [2.45, 2.75) is 71.3 Å². The maximum atomic E-state index is 13.5. The van der Waals surface area contributed by atoms with Crippen LogP contribution in [-0.2, 0) is 16.0 Å². The predicted octanol–water partition coefficient (Wildman–Crippen LogP) is 7.26. The van der Waals surface area contributed by atoms with Gasteiger partial charge in [-0.3, -0.25) is 24.8 Å². The Morgan fingerprint density at radius 1 is 0.913 bits per heavy atom. The van der Waals surface area contributed by atoms with Crippen molar-refractivity contribution in [3.05, 3.63) is 90.4 Å². The van der Waals surface area contributed by atoms with Gasteiger partial charge < -0.3 is 9.64 Å². The average molecular weight is 623 g/mol. The van der Waals surface area contributed by atoms with E-state index >= 15 is 0 Å². The van der Waals surface area contributed by atoms with Crippen LogP contribution in [0.4, 0.5) is 16.6 Å². The lowest BCUT2D eigenvalue weighted by Crippen LogP contribution is -2.27. The lowest BCUT2D eigenvalue weighted by Gasteiger charge is -2.19. The number of hydrogen-bond donors (Lipinski definition) is 2. The van der Waals surface area contributed by atoms with Crippen molar-refractivity contribution < 1.29 is 19.1 Å². The van der Waals surface area contributed by atoms with E-state index in [1.54, 1.807) is 45.2 Å². The first-order valence-electron chi connectivity index (χ1n) is 15.9. The van der Waals surface area contributed by atoms with Crippen LogP contribution in [0, 0.1) is 0 Å². The van der Waals surface area contributed by atoms with Gasteiger partial charge in [-0.25, -0.2) is 14.8 Å². The molecule has 10 heteroatoms. The monoisotopic (exact) mass is 622 g/mol. The van der Waals surface area contributed by atoms with Crippen molar-refractivity contribution in [3.8, 4) is 16.8 Å². The van der Waals surface area contributed by atoms with Crippen molar-refractivity contribution >= 4 is 29.7 Å². The molecule has 0 bridgehead atoms. The quantitative estimate of drug-likeness (QED) is 0.161. The second kappa shape index (κ2) is 14.9. The molecule has 0 unspecified atom stereocenters. The standard InChI is InChI=1S/C36H42N6O4/c1-36(2,3)46-35(45)39-31-20-19-28(24-37-31)26-13-11-14-27(23-26)33(44)40-34-38-29(25-42(34)30-16-8-6-9-17-30)15-7-4-5-10-21-41-22-12-18-32(41)43/h6,8-9,11,13-14,16-17,19-20,23-25H,4-5,7,10,12,15,18,21-22H2,1-3H3,(H,37,39,45)(H,38,40,44). The van der Waals surface area contributed by atoms with E-state index < -0.39 is 11.7 Å². The van der Waals surface area contributed by atoms with Crippen LogP contribution in [0.2, 0.25) is 0 Å². The first-order valence-corrected chi connectivity index (χ1v) is 15.9. The second-order valence-corrected chi connectivity index (χ2v) is 12.5. The number of anilines is 2. The number of nitrogens with zero attached hydrogens (tertiary/aromatic N) is 4. The molecule has 0 spiro atoms. The first-order chi connectivity index (χ1) is 22.1. The number of likely N-dealkylation sites (tertiary alicyclic amines) is 1. The Morgan fingerprint density at radius 3 is 2.43 bits per heavy atom. The third-order valence-corrected chi connectivity index (χ3v) is 7.65. The van der Waals surface area contributed by atoms with Gasteiger partial charge in [-0.2, -0.15) is 0 Å². The van der Waals surface area contributed by atoms with Gasteiger partial charge in [0.2, 0.25) is 11.9 Å². The Hall–Kier alpha value is -4.99. The largest absolute Gasteiger partial charge is 0.444 e. The summed E-state index contributed by atoms with van der Waals surface area (Å²) in [5.41, 5.74) is 3.30. The summed E-state index contributed by atoms with van der Waals surface area (Å²) in [5.74, 6) is 0.842. The van der Waals surface area contributed by atoms with E-state index in [-0.39, 0.29) is 11.8 Å². The van der Waals surface area contributed by atoms with Gasteiger partial charge in [0, 0.05) is 48.7 Å². The topological polar surface area (TPSA) is 118 Å². The first kappa shape index (κ1) is 32.4. The summed E-state index contributed by atoms with van der Waals surface area (Å²) in [6, 6.07) is 20.6. The molecule has 1 aliphatic rings. The number of aromatic nitrogens is 3. The molecule has 0 radical (unpaired) electrons. The smallest absolute Gasteiger partial charge is 0.413 e.